The van der Waals surface area contributed by atoms with Gasteiger partial charge in [-0.3, -0.25) is 14.6 Å². The van der Waals surface area contributed by atoms with E-state index in [9.17, 15) is 9.59 Å². The zero-order chi connectivity index (χ0) is 19.2. The number of hydrogen-bond donors (Lipinski definition) is 2. The first-order chi connectivity index (χ1) is 13.0. The maximum Gasteiger partial charge on any atom is 0.257 e. The van der Waals surface area contributed by atoms with E-state index in [-0.39, 0.29) is 17.9 Å². The van der Waals surface area contributed by atoms with Gasteiger partial charge in [0.25, 0.3) is 11.8 Å². The first-order valence-corrected chi connectivity index (χ1v) is 9.29. The van der Waals surface area contributed by atoms with Crippen LogP contribution in [0.5, 0.6) is 0 Å². The fourth-order valence-corrected chi connectivity index (χ4v) is 2.96. The average Bonchev–Trinajstić information content (AvgIpc) is 3.20. The van der Waals surface area contributed by atoms with Crippen molar-refractivity contribution in [1.29, 1.82) is 0 Å². The van der Waals surface area contributed by atoms with Gasteiger partial charge in [0.2, 0.25) is 0 Å². The quantitative estimate of drug-likeness (QED) is 0.820. The third-order valence-electron chi connectivity index (χ3n) is 4.61. The van der Waals surface area contributed by atoms with Gasteiger partial charge in [0.15, 0.2) is 0 Å². The molecule has 2 heterocycles. The van der Waals surface area contributed by atoms with Crippen LogP contribution in [0.2, 0.25) is 0 Å². The third kappa shape index (κ3) is 5.14. The van der Waals surface area contributed by atoms with Gasteiger partial charge in [-0.15, -0.1) is 0 Å². The standard InChI is InChI=1S/C21H25N3O3/c1-14(2)15-5-7-18(8-6-15)24-21(26)17-10-16(11-22-12-17)20(25)23-13-19-4-3-9-27-19/h5-8,10-12,14,19H,3-4,9,13H2,1-2H3,(H,23,25)(H,24,26). The minimum atomic E-state index is -0.298. The van der Waals surface area contributed by atoms with E-state index in [0.717, 1.165) is 19.4 Å². The van der Waals surface area contributed by atoms with Gasteiger partial charge in [-0.1, -0.05) is 26.0 Å². The van der Waals surface area contributed by atoms with Gasteiger partial charge in [-0.2, -0.15) is 0 Å². The van der Waals surface area contributed by atoms with Crippen LogP contribution in [0.25, 0.3) is 0 Å². The van der Waals surface area contributed by atoms with E-state index in [2.05, 4.69) is 29.5 Å². The summed E-state index contributed by atoms with van der Waals surface area (Å²) in [5.74, 6) is -0.119. The minimum absolute atomic E-state index is 0.0715. The fourth-order valence-electron chi connectivity index (χ4n) is 2.96. The van der Waals surface area contributed by atoms with Crippen molar-refractivity contribution in [2.24, 2.45) is 0 Å². The Kier molecular flexibility index (Phi) is 6.19. The van der Waals surface area contributed by atoms with Crippen molar-refractivity contribution in [1.82, 2.24) is 10.3 Å². The molecule has 3 rings (SSSR count). The highest BCUT2D eigenvalue weighted by molar-refractivity contribution is 6.05. The van der Waals surface area contributed by atoms with E-state index in [4.69, 9.17) is 4.74 Å². The maximum atomic E-state index is 12.5. The number of rotatable bonds is 6. The summed E-state index contributed by atoms with van der Waals surface area (Å²) < 4.78 is 5.50. The molecular weight excluding hydrogens is 342 g/mol. The molecule has 2 N–H and O–H groups in total. The number of ether oxygens (including phenoxy) is 1. The lowest BCUT2D eigenvalue weighted by atomic mass is 10.0. The molecule has 1 atom stereocenters. The molecule has 6 heteroatoms. The summed E-state index contributed by atoms with van der Waals surface area (Å²) in [4.78, 5) is 28.8. The molecule has 0 bridgehead atoms. The highest BCUT2D eigenvalue weighted by Gasteiger charge is 2.17. The number of pyridine rings is 1. The second kappa shape index (κ2) is 8.77. The highest BCUT2D eigenvalue weighted by Crippen LogP contribution is 2.18. The summed E-state index contributed by atoms with van der Waals surface area (Å²) in [5.41, 5.74) is 2.61. The van der Waals surface area contributed by atoms with Crippen LogP contribution in [0.15, 0.2) is 42.7 Å². The average molecular weight is 367 g/mol. The first-order valence-electron chi connectivity index (χ1n) is 9.29. The predicted molar refractivity (Wildman–Crippen MR) is 104 cm³/mol. The Morgan fingerprint density at radius 1 is 1.15 bits per heavy atom. The lowest BCUT2D eigenvalue weighted by molar-refractivity contribution is 0.0857. The molecule has 0 aliphatic carbocycles. The summed E-state index contributed by atoms with van der Waals surface area (Å²) in [6.45, 7) is 5.45. The Hall–Kier alpha value is -2.73. The van der Waals surface area contributed by atoms with E-state index in [1.54, 1.807) is 6.07 Å². The maximum absolute atomic E-state index is 12.5. The number of benzene rings is 1. The van der Waals surface area contributed by atoms with Crippen molar-refractivity contribution in [3.8, 4) is 0 Å². The van der Waals surface area contributed by atoms with Crippen LogP contribution in [0.1, 0.15) is 58.9 Å². The number of nitrogens with zero attached hydrogens (tertiary/aromatic N) is 1. The van der Waals surface area contributed by atoms with Gasteiger partial charge < -0.3 is 15.4 Å². The molecule has 1 aliphatic heterocycles. The Morgan fingerprint density at radius 2 is 1.85 bits per heavy atom. The van der Waals surface area contributed by atoms with E-state index >= 15 is 0 Å². The van der Waals surface area contributed by atoms with Crippen LogP contribution in [0.4, 0.5) is 5.69 Å². The third-order valence-corrected chi connectivity index (χ3v) is 4.61. The molecule has 0 spiro atoms. The predicted octanol–water partition coefficient (Wildman–Crippen LogP) is 3.37. The van der Waals surface area contributed by atoms with E-state index in [0.29, 0.717) is 29.3 Å². The molecule has 1 aromatic heterocycles. The summed E-state index contributed by atoms with van der Waals surface area (Å²) in [7, 11) is 0. The molecule has 1 aliphatic rings. The van der Waals surface area contributed by atoms with Gasteiger partial charge in [-0.25, -0.2) is 0 Å². The molecule has 1 saturated heterocycles. The Bertz CT molecular complexity index is 797. The topological polar surface area (TPSA) is 80.3 Å². The molecule has 1 fully saturated rings. The molecule has 0 radical (unpaired) electrons. The van der Waals surface area contributed by atoms with Crippen molar-refractivity contribution in [2.45, 2.75) is 38.7 Å². The number of aromatic nitrogens is 1. The number of carbonyl (C=O) groups is 2. The lowest BCUT2D eigenvalue weighted by Crippen LogP contribution is -2.32. The number of carbonyl (C=O) groups excluding carboxylic acids is 2. The number of amides is 2. The SMILES string of the molecule is CC(C)c1ccc(NC(=O)c2cncc(C(=O)NCC3CCCO3)c2)cc1. The number of anilines is 1. The summed E-state index contributed by atoms with van der Waals surface area (Å²) in [6.07, 6.45) is 4.96. The first kappa shape index (κ1) is 19.0. The zero-order valence-corrected chi connectivity index (χ0v) is 15.7. The number of nitrogens with one attached hydrogen (secondary N) is 2. The van der Waals surface area contributed by atoms with Crippen LogP contribution in [0, 0.1) is 0 Å². The normalized spacial score (nSPS) is 16.3. The van der Waals surface area contributed by atoms with Crippen LogP contribution < -0.4 is 10.6 Å². The monoisotopic (exact) mass is 367 g/mol. The van der Waals surface area contributed by atoms with Crippen molar-refractivity contribution in [2.75, 3.05) is 18.5 Å². The van der Waals surface area contributed by atoms with E-state index in [1.807, 2.05) is 24.3 Å². The van der Waals surface area contributed by atoms with Crippen LogP contribution >= 0.6 is 0 Å². The largest absolute Gasteiger partial charge is 0.376 e. The zero-order valence-electron chi connectivity index (χ0n) is 15.7. The van der Waals surface area contributed by atoms with Crippen LogP contribution in [0.3, 0.4) is 0 Å². The summed E-state index contributed by atoms with van der Waals surface area (Å²) in [6, 6.07) is 9.29. The van der Waals surface area contributed by atoms with Gasteiger partial charge in [0.05, 0.1) is 17.2 Å². The second-order valence-electron chi connectivity index (χ2n) is 7.04. The molecule has 1 aromatic carbocycles. The van der Waals surface area contributed by atoms with Crippen molar-refractivity contribution in [3.63, 3.8) is 0 Å². The van der Waals surface area contributed by atoms with Gasteiger partial charge >= 0.3 is 0 Å². The molecule has 142 valence electrons. The molecule has 0 saturated carbocycles. The molecule has 1 unspecified atom stereocenters. The minimum Gasteiger partial charge on any atom is -0.376 e. The molecule has 2 amide bonds. The van der Waals surface area contributed by atoms with Crippen molar-refractivity contribution < 1.29 is 14.3 Å². The Balaban J connectivity index is 1.61. The molecule has 6 nitrogen and oxygen atoms in total. The van der Waals surface area contributed by atoms with Crippen molar-refractivity contribution in [3.05, 3.63) is 59.4 Å². The fraction of sp³-hybridized carbons (Fsp3) is 0.381. The summed E-state index contributed by atoms with van der Waals surface area (Å²) >= 11 is 0. The Labute approximate surface area is 159 Å². The van der Waals surface area contributed by atoms with Gasteiger partial charge in [0.1, 0.15) is 0 Å². The van der Waals surface area contributed by atoms with E-state index in [1.165, 1.54) is 18.0 Å². The van der Waals surface area contributed by atoms with E-state index < -0.39 is 0 Å². The molecular formula is C21H25N3O3. The number of hydrogen-bond acceptors (Lipinski definition) is 4. The smallest absolute Gasteiger partial charge is 0.257 e. The van der Waals surface area contributed by atoms with Crippen molar-refractivity contribution >= 4 is 17.5 Å². The summed E-state index contributed by atoms with van der Waals surface area (Å²) in [5, 5.41) is 5.67. The highest BCUT2D eigenvalue weighted by atomic mass is 16.5. The molecule has 2 aromatic rings. The van der Waals surface area contributed by atoms with Crippen LogP contribution in [-0.4, -0.2) is 36.1 Å². The Morgan fingerprint density at radius 3 is 2.48 bits per heavy atom. The van der Waals surface area contributed by atoms with Gasteiger partial charge in [-0.05, 0) is 42.5 Å². The molecule has 27 heavy (non-hydrogen) atoms. The second-order valence-corrected chi connectivity index (χ2v) is 7.04. The lowest BCUT2D eigenvalue weighted by Gasteiger charge is -2.11. The van der Waals surface area contributed by atoms with Crippen LogP contribution in [-0.2, 0) is 4.74 Å². The van der Waals surface area contributed by atoms with Gasteiger partial charge in [0, 0.05) is 31.2 Å².